The molecule has 0 bridgehead atoms. The van der Waals surface area contributed by atoms with Crippen molar-refractivity contribution in [1.29, 1.82) is 0 Å². The zero-order chi connectivity index (χ0) is 37.9. The molecule has 6 aromatic rings. The first kappa shape index (κ1) is 21.3. The van der Waals surface area contributed by atoms with Crippen LogP contribution in [0.1, 0.15) is 11.0 Å². The summed E-state index contributed by atoms with van der Waals surface area (Å²) in [5.41, 5.74) is 1.30. The molecule has 44 heavy (non-hydrogen) atoms. The number of aromatic nitrogens is 3. The first-order valence-corrected chi connectivity index (χ1v) is 21.6. The zero-order valence-electron chi connectivity index (χ0n) is 33.8. The fraction of sp³-hybridized carbons (Fsp3) is 0.154. The summed E-state index contributed by atoms with van der Waals surface area (Å²) in [6, 6.07) is 21.1. The second-order valence-corrected chi connectivity index (χ2v) is 23.0. The molecule has 5 heteroatoms. The van der Waals surface area contributed by atoms with E-state index in [1.54, 1.807) is 30.3 Å². The molecule has 0 fully saturated rings. The first-order chi connectivity index (χ1) is 24.4. The molecule has 3 nitrogen and oxygen atoms in total. The van der Waals surface area contributed by atoms with Crippen molar-refractivity contribution in [1.82, 2.24) is 15.0 Å². The number of rotatable bonds is 7. The monoisotopic (exact) mass is 613 g/mol. The van der Waals surface area contributed by atoms with Crippen molar-refractivity contribution in [3.8, 4) is 56.4 Å². The van der Waals surface area contributed by atoms with Gasteiger partial charge in [-0.05, 0) is 34.3 Å². The molecule has 0 atom stereocenters. The Morgan fingerprint density at radius 1 is 0.409 bits per heavy atom. The highest BCUT2D eigenvalue weighted by molar-refractivity contribution is 6.89. The van der Waals surface area contributed by atoms with Gasteiger partial charge < -0.3 is 0 Å². The molecule has 0 unspecified atom stereocenters. The van der Waals surface area contributed by atoms with Crippen molar-refractivity contribution in [2.24, 2.45) is 0 Å². The number of nitrogens with zero attached hydrogens (tertiary/aromatic N) is 3. The molecule has 0 aliphatic carbocycles. The lowest BCUT2D eigenvalue weighted by molar-refractivity contribution is 1.07. The van der Waals surface area contributed by atoms with E-state index in [-0.39, 0.29) is 40.2 Å². The Morgan fingerprint density at radius 2 is 0.773 bits per heavy atom. The maximum absolute atomic E-state index is 9.45. The van der Waals surface area contributed by atoms with Gasteiger partial charge in [0.15, 0.2) is 17.5 Å². The molecular weight excluding hydrogens is 567 g/mol. The Balaban J connectivity index is 1.64. The average Bonchev–Trinajstić information content (AvgIpc) is 3.11. The van der Waals surface area contributed by atoms with Crippen molar-refractivity contribution in [2.45, 2.75) is 39.3 Å². The lowest BCUT2D eigenvalue weighted by Crippen LogP contribution is -2.37. The quantitative estimate of drug-likeness (QED) is 0.168. The Morgan fingerprint density at radius 3 is 1.20 bits per heavy atom. The van der Waals surface area contributed by atoms with Crippen LogP contribution in [-0.4, -0.2) is 31.1 Å². The van der Waals surface area contributed by atoms with Crippen LogP contribution < -0.4 is 10.4 Å². The Labute approximate surface area is 275 Å². The highest BCUT2D eigenvalue weighted by atomic mass is 28.3. The highest BCUT2D eigenvalue weighted by Crippen LogP contribution is 2.30. The van der Waals surface area contributed by atoms with Crippen LogP contribution in [0.4, 0.5) is 0 Å². The third kappa shape index (κ3) is 6.54. The fourth-order valence-corrected chi connectivity index (χ4v) is 7.12. The van der Waals surface area contributed by atoms with Crippen LogP contribution in [-0.2, 0) is 0 Å². The highest BCUT2D eigenvalue weighted by Gasteiger charge is 2.19. The van der Waals surface area contributed by atoms with Gasteiger partial charge in [-0.3, -0.25) is 0 Å². The molecule has 1 aromatic heterocycles. The van der Waals surface area contributed by atoms with Crippen LogP contribution in [0.15, 0.2) is 127 Å². The summed E-state index contributed by atoms with van der Waals surface area (Å²) in [6.45, 7) is 13.6. The molecule has 218 valence electrons. The average molecular weight is 614 g/mol. The number of hydrogen-bond donors (Lipinski definition) is 0. The summed E-state index contributed by atoms with van der Waals surface area (Å²) >= 11 is 0. The Kier molecular flexibility index (Phi) is 5.76. The predicted molar refractivity (Wildman–Crippen MR) is 193 cm³/mol. The van der Waals surface area contributed by atoms with Crippen LogP contribution in [0.2, 0.25) is 39.3 Å². The molecule has 0 N–H and O–H groups in total. The van der Waals surface area contributed by atoms with E-state index >= 15 is 0 Å². The molecule has 6 rings (SSSR count). The summed E-state index contributed by atoms with van der Waals surface area (Å²) in [4.78, 5) is 14.4. The minimum Gasteiger partial charge on any atom is -0.208 e. The van der Waals surface area contributed by atoms with E-state index in [1.165, 1.54) is 10.4 Å². The van der Waals surface area contributed by atoms with E-state index < -0.39 is 52.4 Å². The minimum absolute atomic E-state index is 0.0575. The van der Waals surface area contributed by atoms with Crippen LogP contribution in [0.5, 0.6) is 0 Å². The summed E-state index contributed by atoms with van der Waals surface area (Å²) in [6.07, 6.45) is 0. The molecule has 0 amide bonds. The lowest BCUT2D eigenvalue weighted by Gasteiger charge is -2.17. The van der Waals surface area contributed by atoms with Crippen LogP contribution in [0, 0.1) is 0 Å². The standard InChI is InChI=1S/C39H39N3Si2/c1-43(2,3)35-22-18-29(19-23-35)37-40-38(30-20-24-36(25-21-30)44(4,5)6)42-39(41-37)34-17-11-16-33(27-34)32-15-10-14-31(26-32)28-12-8-7-9-13-28/h7-27H,1-6H3/i10D,11D,14D,15D,16D,17D,26D,27D. The summed E-state index contributed by atoms with van der Waals surface area (Å²) < 4.78 is 71.5. The summed E-state index contributed by atoms with van der Waals surface area (Å²) in [5.74, 6) is 0.552. The van der Waals surface area contributed by atoms with Gasteiger partial charge in [-0.1, -0.05) is 165 Å². The van der Waals surface area contributed by atoms with Gasteiger partial charge in [0.1, 0.15) is 0 Å². The molecule has 0 saturated heterocycles. The van der Waals surface area contributed by atoms with Crippen LogP contribution >= 0.6 is 0 Å². The van der Waals surface area contributed by atoms with Crippen molar-refractivity contribution in [3.05, 3.63) is 127 Å². The molecule has 0 spiro atoms. The van der Waals surface area contributed by atoms with Crippen LogP contribution in [0.3, 0.4) is 0 Å². The van der Waals surface area contributed by atoms with Gasteiger partial charge in [0.05, 0.1) is 27.1 Å². The second kappa shape index (κ2) is 11.9. The molecular formula is C39H39N3Si2. The smallest absolute Gasteiger partial charge is 0.164 e. The SMILES string of the molecule is [2H]c1c([2H])c(-c2ccccc2)c([2H])c(-c2c([2H])c([2H])c([2H])c(-c3nc(-c4ccc([Si](C)(C)C)cc4)nc(-c4ccc([Si](C)(C)C)cc4)n3)c2[2H])c1[2H]. The summed E-state index contributed by atoms with van der Waals surface area (Å²) in [5, 5.41) is 2.51. The molecule has 0 radical (unpaired) electrons. The second-order valence-electron chi connectivity index (χ2n) is 12.8. The third-order valence-corrected chi connectivity index (χ3v) is 11.6. The maximum Gasteiger partial charge on any atom is 0.164 e. The largest absolute Gasteiger partial charge is 0.208 e. The Hall–Kier alpha value is -4.46. The van der Waals surface area contributed by atoms with Gasteiger partial charge in [-0.25, -0.2) is 15.0 Å². The lowest BCUT2D eigenvalue weighted by atomic mass is 9.98. The van der Waals surface area contributed by atoms with Gasteiger partial charge in [0.2, 0.25) is 0 Å². The zero-order valence-corrected chi connectivity index (χ0v) is 27.8. The van der Waals surface area contributed by atoms with E-state index in [4.69, 9.17) is 23.2 Å². The Bertz CT molecular complexity index is 2260. The minimum atomic E-state index is -1.61. The van der Waals surface area contributed by atoms with E-state index in [0.29, 0.717) is 28.3 Å². The third-order valence-electron chi connectivity index (χ3n) is 7.44. The van der Waals surface area contributed by atoms with Gasteiger partial charge in [0.25, 0.3) is 0 Å². The topological polar surface area (TPSA) is 38.7 Å². The van der Waals surface area contributed by atoms with Crippen molar-refractivity contribution in [2.75, 3.05) is 0 Å². The molecule has 1 heterocycles. The molecule has 0 saturated carbocycles. The number of hydrogen-bond acceptors (Lipinski definition) is 3. The van der Waals surface area contributed by atoms with Crippen molar-refractivity contribution < 1.29 is 11.0 Å². The summed E-state index contributed by atoms with van der Waals surface area (Å²) in [7, 11) is -3.21. The number of benzene rings is 5. The first-order valence-electron chi connectivity index (χ1n) is 18.6. The van der Waals surface area contributed by atoms with E-state index in [0.717, 1.165) is 0 Å². The predicted octanol–water partition coefficient (Wildman–Crippen LogP) is 9.30. The maximum atomic E-state index is 9.45. The van der Waals surface area contributed by atoms with Gasteiger partial charge in [-0.2, -0.15) is 0 Å². The molecule has 5 aromatic carbocycles. The molecule has 0 aliphatic rings. The van der Waals surface area contributed by atoms with Gasteiger partial charge >= 0.3 is 0 Å². The van der Waals surface area contributed by atoms with E-state index in [2.05, 4.69) is 63.5 Å². The fourth-order valence-electron chi connectivity index (χ4n) is 4.78. The molecule has 0 aliphatic heterocycles. The van der Waals surface area contributed by atoms with Gasteiger partial charge in [-0.15, -0.1) is 0 Å². The normalized spacial score (nSPS) is 14.4. The van der Waals surface area contributed by atoms with Crippen molar-refractivity contribution in [3.63, 3.8) is 0 Å². The van der Waals surface area contributed by atoms with Crippen molar-refractivity contribution >= 4 is 26.5 Å². The van der Waals surface area contributed by atoms with E-state index in [1.807, 2.05) is 24.3 Å². The van der Waals surface area contributed by atoms with E-state index in [9.17, 15) is 2.74 Å². The van der Waals surface area contributed by atoms with Crippen LogP contribution in [0.25, 0.3) is 56.4 Å². The van der Waals surface area contributed by atoms with Gasteiger partial charge in [0, 0.05) is 16.7 Å².